The smallest absolute Gasteiger partial charge is 0.246 e. The van der Waals surface area contributed by atoms with E-state index in [2.05, 4.69) is 21.2 Å². The molecule has 2 aromatic carbocycles. The Balaban J connectivity index is 2.29. The van der Waals surface area contributed by atoms with Crippen LogP contribution in [0.4, 0.5) is 10.1 Å². The Labute approximate surface area is 167 Å². The summed E-state index contributed by atoms with van der Waals surface area (Å²) in [5.74, 6) is -0.853. The molecule has 0 spiro atoms. The molecule has 0 aliphatic heterocycles. The largest absolute Gasteiger partial charge is 0.383 e. The van der Waals surface area contributed by atoms with Gasteiger partial charge in [0.05, 0.1) is 5.02 Å². The molecule has 4 nitrogen and oxygen atoms in total. The maximum absolute atomic E-state index is 14.3. The van der Waals surface area contributed by atoms with Crippen LogP contribution in [0.3, 0.4) is 0 Å². The number of sulfonamides is 1. The van der Waals surface area contributed by atoms with Gasteiger partial charge in [0.1, 0.15) is 10.7 Å². The molecular formula is C18H21BrClFN2O2S. The van der Waals surface area contributed by atoms with Crippen molar-refractivity contribution in [3.05, 3.63) is 57.8 Å². The second kappa shape index (κ2) is 8.69. The van der Waals surface area contributed by atoms with Crippen molar-refractivity contribution in [2.75, 3.05) is 18.9 Å². The molecule has 2 aromatic rings. The second-order valence-electron chi connectivity index (χ2n) is 6.28. The topological polar surface area (TPSA) is 49.4 Å². The van der Waals surface area contributed by atoms with Crippen LogP contribution in [-0.2, 0) is 10.0 Å². The lowest BCUT2D eigenvalue weighted by molar-refractivity contribution is 0.305. The van der Waals surface area contributed by atoms with Crippen LogP contribution >= 0.6 is 27.5 Å². The van der Waals surface area contributed by atoms with Gasteiger partial charge >= 0.3 is 0 Å². The lowest BCUT2D eigenvalue weighted by Crippen LogP contribution is -2.44. The SMILES string of the molecule is CC(C)[C@H](CNc1ccccc1)N(C)S(=O)(=O)c1cc(Br)c(Cl)cc1F. The number of hydrogen-bond donors (Lipinski definition) is 1. The van der Waals surface area contributed by atoms with E-state index in [0.29, 0.717) is 11.0 Å². The molecule has 26 heavy (non-hydrogen) atoms. The Morgan fingerprint density at radius 1 is 1.23 bits per heavy atom. The molecule has 0 unspecified atom stereocenters. The maximum Gasteiger partial charge on any atom is 0.246 e. The molecule has 0 radical (unpaired) electrons. The number of nitrogens with one attached hydrogen (secondary N) is 1. The van der Waals surface area contributed by atoms with E-state index in [-0.39, 0.29) is 17.0 Å². The van der Waals surface area contributed by atoms with Crippen LogP contribution in [0.2, 0.25) is 5.02 Å². The molecule has 0 saturated heterocycles. The van der Waals surface area contributed by atoms with Gasteiger partial charge in [-0.05, 0) is 46.1 Å². The number of rotatable bonds is 7. The predicted molar refractivity (Wildman–Crippen MR) is 108 cm³/mol. The quantitative estimate of drug-likeness (QED) is 0.588. The van der Waals surface area contributed by atoms with Gasteiger partial charge in [-0.1, -0.05) is 43.6 Å². The van der Waals surface area contributed by atoms with E-state index in [1.165, 1.54) is 17.4 Å². The van der Waals surface area contributed by atoms with E-state index >= 15 is 0 Å². The van der Waals surface area contributed by atoms with Gasteiger partial charge in [-0.25, -0.2) is 12.8 Å². The Bertz CT molecular complexity index is 863. The summed E-state index contributed by atoms with van der Waals surface area (Å²) >= 11 is 9.00. The van der Waals surface area contributed by atoms with Crippen molar-refractivity contribution in [1.82, 2.24) is 4.31 Å². The molecule has 0 heterocycles. The van der Waals surface area contributed by atoms with Gasteiger partial charge in [-0.15, -0.1) is 0 Å². The Hall–Kier alpha value is -1.15. The molecule has 0 aliphatic rings. The summed E-state index contributed by atoms with van der Waals surface area (Å²) in [4.78, 5) is -0.401. The molecule has 0 bridgehead atoms. The zero-order valence-electron chi connectivity index (χ0n) is 14.7. The van der Waals surface area contributed by atoms with Gasteiger partial charge in [-0.2, -0.15) is 4.31 Å². The summed E-state index contributed by atoms with van der Waals surface area (Å²) in [6.07, 6.45) is 0. The molecular weight excluding hydrogens is 443 g/mol. The summed E-state index contributed by atoms with van der Waals surface area (Å²) in [6, 6.07) is 11.3. The van der Waals surface area contributed by atoms with Crippen LogP contribution < -0.4 is 5.32 Å². The fourth-order valence-corrected chi connectivity index (χ4v) is 4.80. The van der Waals surface area contributed by atoms with Gasteiger partial charge in [0, 0.05) is 29.8 Å². The van der Waals surface area contributed by atoms with Gasteiger partial charge in [0.15, 0.2) is 0 Å². The number of likely N-dealkylation sites (N-methyl/N-ethyl adjacent to an activating group) is 1. The number of benzene rings is 2. The van der Waals surface area contributed by atoms with Gasteiger partial charge in [0.2, 0.25) is 10.0 Å². The maximum atomic E-state index is 14.3. The first-order valence-electron chi connectivity index (χ1n) is 8.06. The molecule has 0 aliphatic carbocycles. The van der Waals surface area contributed by atoms with Crippen molar-refractivity contribution in [3.63, 3.8) is 0 Å². The highest BCUT2D eigenvalue weighted by Crippen LogP contribution is 2.30. The Morgan fingerprint density at radius 3 is 2.42 bits per heavy atom. The molecule has 0 aromatic heterocycles. The molecule has 0 amide bonds. The summed E-state index contributed by atoms with van der Waals surface area (Å²) in [5, 5.41) is 3.36. The highest BCUT2D eigenvalue weighted by molar-refractivity contribution is 9.10. The average Bonchev–Trinajstić information content (AvgIpc) is 2.58. The summed E-state index contributed by atoms with van der Waals surface area (Å²) in [7, 11) is -2.56. The molecule has 8 heteroatoms. The van der Waals surface area contributed by atoms with E-state index in [0.717, 1.165) is 11.8 Å². The van der Waals surface area contributed by atoms with Gasteiger partial charge in [0.25, 0.3) is 0 Å². The van der Waals surface area contributed by atoms with Crippen molar-refractivity contribution in [3.8, 4) is 0 Å². The van der Waals surface area contributed by atoms with E-state index < -0.39 is 20.7 Å². The third kappa shape index (κ3) is 4.76. The van der Waals surface area contributed by atoms with Crippen LogP contribution in [0.1, 0.15) is 13.8 Å². The predicted octanol–water partition coefficient (Wildman–Crippen LogP) is 5.00. The minimum Gasteiger partial charge on any atom is -0.383 e. The van der Waals surface area contributed by atoms with Crippen molar-refractivity contribution < 1.29 is 12.8 Å². The van der Waals surface area contributed by atoms with Crippen molar-refractivity contribution in [2.45, 2.75) is 24.8 Å². The first-order valence-corrected chi connectivity index (χ1v) is 10.7. The van der Waals surface area contributed by atoms with E-state index in [9.17, 15) is 12.8 Å². The normalized spacial score (nSPS) is 13.2. The molecule has 0 fully saturated rings. The standard InChI is InChI=1S/C18H21BrClFN2O2S/c1-12(2)17(11-22-13-7-5-4-6-8-13)23(3)26(24,25)18-9-14(19)15(20)10-16(18)21/h4-10,12,17,22H,11H2,1-3H3/t17-/m0/s1. The van der Waals surface area contributed by atoms with Crippen LogP contribution in [-0.4, -0.2) is 32.4 Å². The zero-order chi connectivity index (χ0) is 19.5. The van der Waals surface area contributed by atoms with Crippen LogP contribution in [0.25, 0.3) is 0 Å². The molecule has 142 valence electrons. The highest BCUT2D eigenvalue weighted by atomic mass is 79.9. The fraction of sp³-hybridized carbons (Fsp3) is 0.333. The zero-order valence-corrected chi connectivity index (χ0v) is 17.9. The fourth-order valence-electron chi connectivity index (χ4n) is 2.60. The monoisotopic (exact) mass is 462 g/mol. The van der Waals surface area contributed by atoms with E-state index in [1.54, 1.807) is 0 Å². The first-order chi connectivity index (χ1) is 12.1. The van der Waals surface area contributed by atoms with Crippen LogP contribution in [0.5, 0.6) is 0 Å². The summed E-state index contributed by atoms with van der Waals surface area (Å²) in [5.41, 5.74) is 0.893. The highest BCUT2D eigenvalue weighted by Gasteiger charge is 2.32. The van der Waals surface area contributed by atoms with E-state index in [1.807, 2.05) is 44.2 Å². The number of anilines is 1. The molecule has 1 N–H and O–H groups in total. The molecule has 2 rings (SSSR count). The number of para-hydroxylation sites is 1. The number of nitrogens with zero attached hydrogens (tertiary/aromatic N) is 1. The van der Waals surface area contributed by atoms with Gasteiger partial charge in [-0.3, -0.25) is 0 Å². The van der Waals surface area contributed by atoms with Crippen molar-refractivity contribution in [1.29, 1.82) is 0 Å². The number of hydrogen-bond acceptors (Lipinski definition) is 3. The lowest BCUT2D eigenvalue weighted by Gasteiger charge is -2.31. The molecule has 1 atom stereocenters. The third-order valence-electron chi connectivity index (χ3n) is 4.16. The first kappa shape index (κ1) is 21.2. The molecule has 0 saturated carbocycles. The third-order valence-corrected chi connectivity index (χ3v) is 7.25. The van der Waals surface area contributed by atoms with Crippen LogP contribution in [0.15, 0.2) is 51.8 Å². The number of halogens is 3. The van der Waals surface area contributed by atoms with E-state index in [4.69, 9.17) is 11.6 Å². The average molecular weight is 464 g/mol. The minimum atomic E-state index is -4.03. The van der Waals surface area contributed by atoms with Crippen molar-refractivity contribution in [2.24, 2.45) is 5.92 Å². The Morgan fingerprint density at radius 2 is 1.85 bits per heavy atom. The Kier molecular flexibility index (Phi) is 7.07. The lowest BCUT2D eigenvalue weighted by atomic mass is 10.0. The summed E-state index contributed by atoms with van der Waals surface area (Å²) < 4.78 is 41.8. The van der Waals surface area contributed by atoms with Gasteiger partial charge < -0.3 is 5.32 Å². The van der Waals surface area contributed by atoms with Crippen LogP contribution in [0, 0.1) is 11.7 Å². The summed E-state index contributed by atoms with van der Waals surface area (Å²) in [6.45, 7) is 4.25. The second-order valence-corrected chi connectivity index (χ2v) is 9.50. The van der Waals surface area contributed by atoms with Crippen molar-refractivity contribution >= 4 is 43.2 Å². The minimum absolute atomic E-state index is 0.0183.